The molecule has 0 aliphatic carbocycles. The van der Waals surface area contributed by atoms with Crippen LogP contribution in [0.3, 0.4) is 0 Å². The maximum atomic E-state index is 11.1. The molecule has 0 fully saturated rings. The van der Waals surface area contributed by atoms with Gasteiger partial charge in [0.15, 0.2) is 0 Å². The molecule has 0 radical (unpaired) electrons. The fourth-order valence-corrected chi connectivity index (χ4v) is 2.26. The first kappa shape index (κ1) is 11.9. The first-order chi connectivity index (χ1) is 8.02. The molecular weight excluding hydrogens is 284 g/mol. The monoisotopic (exact) mass is 294 g/mol. The number of benzene rings is 1. The minimum absolute atomic E-state index is 0.265. The summed E-state index contributed by atoms with van der Waals surface area (Å²) in [5.41, 5.74) is 2.24. The lowest BCUT2D eigenvalue weighted by molar-refractivity contribution is 0.0695. The Morgan fingerprint density at radius 2 is 2.00 bits per heavy atom. The van der Waals surface area contributed by atoms with Gasteiger partial charge in [0.2, 0.25) is 0 Å². The first-order valence-electron chi connectivity index (χ1n) is 5.06. The molecule has 0 bridgehead atoms. The fraction of sp³-hybridized carbons (Fsp3) is 0.167. The van der Waals surface area contributed by atoms with Crippen molar-refractivity contribution in [1.29, 1.82) is 0 Å². The molecule has 0 amide bonds. The maximum absolute atomic E-state index is 11.1. The summed E-state index contributed by atoms with van der Waals surface area (Å²) in [6, 6.07) is 7.57. The summed E-state index contributed by atoms with van der Waals surface area (Å²) >= 11 is 3.43. The fourth-order valence-electron chi connectivity index (χ4n) is 1.81. The molecule has 88 valence electrons. The summed E-state index contributed by atoms with van der Waals surface area (Å²) in [5.74, 6) is -0.946. The zero-order valence-corrected chi connectivity index (χ0v) is 11.0. The predicted molar refractivity (Wildman–Crippen MR) is 67.7 cm³/mol. The van der Waals surface area contributed by atoms with Gasteiger partial charge in [0.25, 0.3) is 0 Å². The molecule has 2 rings (SSSR count). The van der Waals surface area contributed by atoms with E-state index < -0.39 is 5.97 Å². The highest BCUT2D eigenvalue weighted by Crippen LogP contribution is 2.24. The Bertz CT molecular complexity index is 590. The molecule has 1 N–H and O–H groups in total. The first-order valence-corrected chi connectivity index (χ1v) is 5.86. The topological polar surface area (TPSA) is 55.1 Å². The third-order valence-corrected chi connectivity index (χ3v) is 3.26. The van der Waals surface area contributed by atoms with Gasteiger partial charge < -0.3 is 5.11 Å². The van der Waals surface area contributed by atoms with Gasteiger partial charge in [0.1, 0.15) is 5.56 Å². The van der Waals surface area contributed by atoms with Gasteiger partial charge in [0.05, 0.1) is 17.1 Å². The number of carboxylic acids is 1. The SMILES string of the molecule is Cc1nn(-c2ccccc2Br)c(C)c1C(=O)O. The number of rotatable bonds is 2. The molecule has 0 atom stereocenters. The number of aryl methyl sites for hydroxylation is 1. The van der Waals surface area contributed by atoms with Crippen molar-refractivity contribution in [2.24, 2.45) is 0 Å². The van der Waals surface area contributed by atoms with Crippen molar-refractivity contribution in [3.05, 3.63) is 45.7 Å². The second-order valence-corrected chi connectivity index (χ2v) is 4.57. The summed E-state index contributed by atoms with van der Waals surface area (Å²) in [4.78, 5) is 11.1. The van der Waals surface area contributed by atoms with Crippen LogP contribution in [0, 0.1) is 13.8 Å². The van der Waals surface area contributed by atoms with E-state index >= 15 is 0 Å². The van der Waals surface area contributed by atoms with Crippen LogP contribution in [0.25, 0.3) is 5.69 Å². The molecule has 0 spiro atoms. The minimum atomic E-state index is -0.946. The van der Waals surface area contributed by atoms with E-state index in [-0.39, 0.29) is 5.56 Å². The normalized spacial score (nSPS) is 10.5. The van der Waals surface area contributed by atoms with Crippen molar-refractivity contribution < 1.29 is 9.90 Å². The van der Waals surface area contributed by atoms with Crippen molar-refractivity contribution >= 4 is 21.9 Å². The highest BCUT2D eigenvalue weighted by molar-refractivity contribution is 9.10. The number of carbonyl (C=O) groups is 1. The zero-order valence-electron chi connectivity index (χ0n) is 9.44. The molecule has 4 nitrogen and oxygen atoms in total. The third-order valence-electron chi connectivity index (χ3n) is 2.59. The summed E-state index contributed by atoms with van der Waals surface area (Å²) in [6.45, 7) is 3.45. The van der Waals surface area contributed by atoms with Crippen LogP contribution in [0.2, 0.25) is 0 Å². The molecular formula is C12H11BrN2O2. The van der Waals surface area contributed by atoms with Gasteiger partial charge >= 0.3 is 5.97 Å². The van der Waals surface area contributed by atoms with Crippen LogP contribution in [0.5, 0.6) is 0 Å². The van der Waals surface area contributed by atoms with Crippen LogP contribution in [0.4, 0.5) is 0 Å². The Hall–Kier alpha value is -1.62. The van der Waals surface area contributed by atoms with Crippen LogP contribution in [-0.2, 0) is 0 Å². The zero-order chi connectivity index (χ0) is 12.6. The molecule has 5 heteroatoms. The summed E-state index contributed by atoms with van der Waals surface area (Å²) < 4.78 is 2.52. The lowest BCUT2D eigenvalue weighted by atomic mass is 10.2. The molecule has 2 aromatic rings. The lowest BCUT2D eigenvalue weighted by Gasteiger charge is -2.06. The second-order valence-electron chi connectivity index (χ2n) is 3.71. The van der Waals surface area contributed by atoms with Crippen LogP contribution >= 0.6 is 15.9 Å². The van der Waals surface area contributed by atoms with E-state index in [9.17, 15) is 4.79 Å². The van der Waals surface area contributed by atoms with Gasteiger partial charge in [-0.3, -0.25) is 0 Å². The highest BCUT2D eigenvalue weighted by atomic mass is 79.9. The molecule has 0 unspecified atom stereocenters. The van der Waals surface area contributed by atoms with Gasteiger partial charge in [-0.2, -0.15) is 5.10 Å². The Labute approximate surface area is 107 Å². The van der Waals surface area contributed by atoms with Crippen LogP contribution < -0.4 is 0 Å². The number of aromatic carboxylic acids is 1. The molecule has 0 saturated heterocycles. The number of halogens is 1. The molecule has 0 saturated carbocycles. The number of aromatic nitrogens is 2. The second kappa shape index (κ2) is 4.33. The van der Waals surface area contributed by atoms with Crippen molar-refractivity contribution in [2.75, 3.05) is 0 Å². The Morgan fingerprint density at radius 1 is 1.35 bits per heavy atom. The van der Waals surface area contributed by atoms with E-state index in [0.717, 1.165) is 10.2 Å². The lowest BCUT2D eigenvalue weighted by Crippen LogP contribution is -2.03. The van der Waals surface area contributed by atoms with Crippen molar-refractivity contribution in [2.45, 2.75) is 13.8 Å². The Morgan fingerprint density at radius 3 is 2.53 bits per heavy atom. The number of hydrogen-bond donors (Lipinski definition) is 1. The van der Waals surface area contributed by atoms with Gasteiger partial charge in [0, 0.05) is 4.47 Å². The standard InChI is InChI=1S/C12H11BrN2O2/c1-7-11(12(16)17)8(2)15(14-7)10-6-4-3-5-9(10)13/h3-6H,1-2H3,(H,16,17). The maximum Gasteiger partial charge on any atom is 0.339 e. The third kappa shape index (κ3) is 1.98. The van der Waals surface area contributed by atoms with Crippen LogP contribution in [-0.4, -0.2) is 20.9 Å². The van der Waals surface area contributed by atoms with E-state index in [1.165, 1.54) is 0 Å². The van der Waals surface area contributed by atoms with Crippen molar-refractivity contribution in [1.82, 2.24) is 9.78 Å². The van der Waals surface area contributed by atoms with Gasteiger partial charge in [-0.15, -0.1) is 0 Å². The van der Waals surface area contributed by atoms with Crippen molar-refractivity contribution in [3.8, 4) is 5.69 Å². The van der Waals surface area contributed by atoms with E-state index in [0.29, 0.717) is 11.4 Å². The largest absolute Gasteiger partial charge is 0.478 e. The highest BCUT2D eigenvalue weighted by Gasteiger charge is 2.19. The number of para-hydroxylation sites is 1. The van der Waals surface area contributed by atoms with E-state index in [4.69, 9.17) is 5.11 Å². The average Bonchev–Trinajstić information content (AvgIpc) is 2.55. The van der Waals surface area contributed by atoms with E-state index in [1.54, 1.807) is 18.5 Å². The number of nitrogens with zero attached hydrogens (tertiary/aromatic N) is 2. The molecule has 1 aromatic carbocycles. The molecule has 17 heavy (non-hydrogen) atoms. The average molecular weight is 295 g/mol. The minimum Gasteiger partial charge on any atom is -0.478 e. The van der Waals surface area contributed by atoms with Gasteiger partial charge in [-0.05, 0) is 41.9 Å². The molecule has 1 heterocycles. The summed E-state index contributed by atoms with van der Waals surface area (Å²) in [5, 5.41) is 13.4. The van der Waals surface area contributed by atoms with Crippen LogP contribution in [0.1, 0.15) is 21.7 Å². The quantitative estimate of drug-likeness (QED) is 0.926. The Kier molecular flexibility index (Phi) is 3.02. The predicted octanol–water partition coefficient (Wildman–Crippen LogP) is 2.95. The molecule has 0 aliphatic rings. The van der Waals surface area contributed by atoms with Gasteiger partial charge in [-0.25, -0.2) is 9.48 Å². The van der Waals surface area contributed by atoms with Gasteiger partial charge in [-0.1, -0.05) is 12.1 Å². The van der Waals surface area contributed by atoms with E-state index in [2.05, 4.69) is 21.0 Å². The molecule has 0 aliphatic heterocycles. The summed E-state index contributed by atoms with van der Waals surface area (Å²) in [6.07, 6.45) is 0. The van der Waals surface area contributed by atoms with E-state index in [1.807, 2.05) is 24.3 Å². The smallest absolute Gasteiger partial charge is 0.339 e. The van der Waals surface area contributed by atoms with Crippen molar-refractivity contribution in [3.63, 3.8) is 0 Å². The molecule has 1 aromatic heterocycles. The number of hydrogen-bond acceptors (Lipinski definition) is 2. The Balaban J connectivity index is 2.66. The van der Waals surface area contributed by atoms with Crippen LogP contribution in [0.15, 0.2) is 28.7 Å². The number of carboxylic acid groups (broad SMARTS) is 1. The summed E-state index contributed by atoms with van der Waals surface area (Å²) in [7, 11) is 0.